The molecule has 0 aliphatic heterocycles. The van der Waals surface area contributed by atoms with E-state index in [1.54, 1.807) is 13.8 Å². The fraction of sp³-hybridized carbons (Fsp3) is 0.389. The van der Waals surface area contributed by atoms with Crippen molar-refractivity contribution in [3.05, 3.63) is 41.1 Å². The normalized spacial score (nSPS) is 15.9. The van der Waals surface area contributed by atoms with E-state index in [-0.39, 0.29) is 5.91 Å². The minimum atomic E-state index is -0.914. The zero-order valence-corrected chi connectivity index (χ0v) is 13.3. The molecule has 1 aliphatic carbocycles. The van der Waals surface area contributed by atoms with Gasteiger partial charge in [-0.3, -0.25) is 14.6 Å². The van der Waals surface area contributed by atoms with Crippen molar-refractivity contribution < 1.29 is 14.7 Å². The van der Waals surface area contributed by atoms with Crippen molar-refractivity contribution in [1.82, 2.24) is 10.3 Å². The van der Waals surface area contributed by atoms with E-state index in [9.17, 15) is 9.59 Å². The molecule has 0 spiro atoms. The monoisotopic (exact) mass is 312 g/mol. The van der Waals surface area contributed by atoms with Gasteiger partial charge in [-0.25, -0.2) is 0 Å². The lowest BCUT2D eigenvalue weighted by atomic mass is 9.98. The quantitative estimate of drug-likeness (QED) is 0.909. The summed E-state index contributed by atoms with van der Waals surface area (Å²) in [6.45, 7) is 3.32. The molecule has 5 nitrogen and oxygen atoms in total. The molecule has 0 fully saturated rings. The minimum absolute atomic E-state index is 0.206. The summed E-state index contributed by atoms with van der Waals surface area (Å²) < 4.78 is 0. The number of benzene rings is 1. The second-order valence-corrected chi connectivity index (χ2v) is 6.17. The molecule has 2 N–H and O–H groups in total. The van der Waals surface area contributed by atoms with Crippen LogP contribution in [0.3, 0.4) is 0 Å². The average Bonchev–Trinajstić information content (AvgIpc) is 2.98. The van der Waals surface area contributed by atoms with E-state index in [0.29, 0.717) is 5.56 Å². The summed E-state index contributed by atoms with van der Waals surface area (Å²) >= 11 is 0. The highest BCUT2D eigenvalue weighted by Gasteiger charge is 2.26. The van der Waals surface area contributed by atoms with Gasteiger partial charge in [-0.1, -0.05) is 18.2 Å². The van der Waals surface area contributed by atoms with Crippen molar-refractivity contribution >= 4 is 22.8 Å². The fourth-order valence-electron chi connectivity index (χ4n) is 3.09. The molecule has 2 aromatic rings. The zero-order valence-electron chi connectivity index (χ0n) is 13.3. The molecule has 0 saturated heterocycles. The topological polar surface area (TPSA) is 79.3 Å². The number of pyridine rings is 1. The Morgan fingerprint density at radius 1 is 1.22 bits per heavy atom. The number of nitrogens with one attached hydrogen (secondary N) is 1. The van der Waals surface area contributed by atoms with E-state index < -0.39 is 17.9 Å². The summed E-state index contributed by atoms with van der Waals surface area (Å²) in [7, 11) is 0. The number of rotatable bonds is 4. The van der Waals surface area contributed by atoms with Crippen LogP contribution in [0.4, 0.5) is 0 Å². The van der Waals surface area contributed by atoms with E-state index in [1.807, 2.05) is 24.3 Å². The Labute approximate surface area is 134 Å². The van der Waals surface area contributed by atoms with E-state index in [0.717, 1.165) is 41.4 Å². The number of aliphatic carboxylic acids is 1. The van der Waals surface area contributed by atoms with Crippen LogP contribution in [0.15, 0.2) is 24.3 Å². The second-order valence-electron chi connectivity index (χ2n) is 6.17. The largest absolute Gasteiger partial charge is 0.481 e. The number of amides is 1. The summed E-state index contributed by atoms with van der Waals surface area (Å²) in [5.74, 6) is -1.76. The third-order valence-electron chi connectivity index (χ3n) is 4.64. The van der Waals surface area contributed by atoms with Crippen molar-refractivity contribution in [1.29, 1.82) is 0 Å². The van der Waals surface area contributed by atoms with Gasteiger partial charge in [0, 0.05) is 17.1 Å². The van der Waals surface area contributed by atoms with Crippen LogP contribution in [0, 0.1) is 5.92 Å². The number of aryl methyl sites for hydroxylation is 1. The maximum atomic E-state index is 12.8. The molecule has 2 unspecified atom stereocenters. The van der Waals surface area contributed by atoms with Crippen molar-refractivity contribution in [2.24, 2.45) is 5.92 Å². The van der Waals surface area contributed by atoms with Gasteiger partial charge in [0.1, 0.15) is 0 Å². The molecule has 1 amide bonds. The number of carbonyl (C=O) groups excluding carboxylic acids is 1. The number of nitrogens with zero attached hydrogens (tertiary/aromatic N) is 1. The number of fused-ring (bicyclic) bond motifs is 2. The molecule has 5 heteroatoms. The average molecular weight is 312 g/mol. The lowest BCUT2D eigenvalue weighted by Gasteiger charge is -2.19. The third-order valence-corrected chi connectivity index (χ3v) is 4.64. The molecule has 1 aromatic carbocycles. The molecule has 1 aliphatic rings. The van der Waals surface area contributed by atoms with E-state index in [1.165, 1.54) is 0 Å². The first-order valence-corrected chi connectivity index (χ1v) is 7.93. The molecule has 0 bridgehead atoms. The van der Waals surface area contributed by atoms with Crippen molar-refractivity contribution in [2.45, 2.75) is 39.2 Å². The lowest BCUT2D eigenvalue weighted by Crippen LogP contribution is -2.40. The smallest absolute Gasteiger partial charge is 0.308 e. The Hall–Kier alpha value is -2.43. The van der Waals surface area contributed by atoms with Gasteiger partial charge in [-0.2, -0.15) is 0 Å². The van der Waals surface area contributed by atoms with Crippen molar-refractivity contribution in [3.8, 4) is 0 Å². The second kappa shape index (κ2) is 5.99. The molecule has 23 heavy (non-hydrogen) atoms. The van der Waals surface area contributed by atoms with Gasteiger partial charge in [0.2, 0.25) is 0 Å². The number of carbonyl (C=O) groups is 2. The summed E-state index contributed by atoms with van der Waals surface area (Å²) in [4.78, 5) is 28.6. The Bertz CT molecular complexity index is 785. The van der Waals surface area contributed by atoms with Gasteiger partial charge in [0.05, 0.1) is 17.0 Å². The molecule has 3 rings (SSSR count). The summed E-state index contributed by atoms with van der Waals surface area (Å²) in [6, 6.07) is 7.18. The molecule has 1 aromatic heterocycles. The Kier molecular flexibility index (Phi) is 4.03. The first-order valence-electron chi connectivity index (χ1n) is 7.93. The summed E-state index contributed by atoms with van der Waals surface area (Å²) in [5.41, 5.74) is 3.48. The van der Waals surface area contributed by atoms with Crippen LogP contribution in [0.5, 0.6) is 0 Å². The van der Waals surface area contributed by atoms with Gasteiger partial charge >= 0.3 is 5.97 Å². The Morgan fingerprint density at radius 3 is 2.70 bits per heavy atom. The summed E-state index contributed by atoms with van der Waals surface area (Å²) in [6.07, 6.45) is 2.74. The number of carboxylic acid groups (broad SMARTS) is 1. The van der Waals surface area contributed by atoms with Gasteiger partial charge in [0.25, 0.3) is 5.91 Å². The Balaban J connectivity index is 2.02. The third kappa shape index (κ3) is 2.79. The maximum absolute atomic E-state index is 12.8. The summed E-state index contributed by atoms with van der Waals surface area (Å²) in [5, 5.41) is 12.8. The number of hydrogen-bond donors (Lipinski definition) is 2. The van der Waals surface area contributed by atoms with Crippen LogP contribution in [-0.2, 0) is 17.6 Å². The molecule has 0 radical (unpaired) electrons. The van der Waals surface area contributed by atoms with Gasteiger partial charge in [-0.15, -0.1) is 0 Å². The van der Waals surface area contributed by atoms with Crippen LogP contribution in [0.1, 0.15) is 41.9 Å². The molecule has 0 saturated carbocycles. The van der Waals surface area contributed by atoms with Gasteiger partial charge in [-0.05, 0) is 44.7 Å². The van der Waals surface area contributed by atoms with E-state index >= 15 is 0 Å². The molecular formula is C18H20N2O3. The highest BCUT2D eigenvalue weighted by Crippen LogP contribution is 2.30. The molecule has 2 atom stereocenters. The van der Waals surface area contributed by atoms with Crippen LogP contribution in [-0.4, -0.2) is 28.0 Å². The molecule has 1 heterocycles. The predicted octanol–water partition coefficient (Wildman–Crippen LogP) is 2.56. The predicted molar refractivity (Wildman–Crippen MR) is 87.5 cm³/mol. The fourth-order valence-corrected chi connectivity index (χ4v) is 3.09. The van der Waals surface area contributed by atoms with E-state index in [2.05, 4.69) is 10.3 Å². The van der Waals surface area contributed by atoms with Crippen LogP contribution in [0.25, 0.3) is 10.9 Å². The van der Waals surface area contributed by atoms with Crippen molar-refractivity contribution in [2.75, 3.05) is 0 Å². The minimum Gasteiger partial charge on any atom is -0.481 e. The van der Waals surface area contributed by atoms with Gasteiger partial charge < -0.3 is 10.4 Å². The first-order chi connectivity index (χ1) is 11.0. The number of carboxylic acids is 1. The van der Waals surface area contributed by atoms with Gasteiger partial charge in [0.15, 0.2) is 0 Å². The number of para-hydroxylation sites is 1. The van der Waals surface area contributed by atoms with E-state index in [4.69, 9.17) is 5.11 Å². The van der Waals surface area contributed by atoms with Crippen LogP contribution in [0.2, 0.25) is 0 Å². The number of aromatic nitrogens is 1. The zero-order chi connectivity index (χ0) is 16.6. The number of hydrogen-bond acceptors (Lipinski definition) is 3. The lowest BCUT2D eigenvalue weighted by molar-refractivity contribution is -0.141. The molecule has 120 valence electrons. The standard InChI is InChI=1S/C18H20N2O3/c1-10(18(22)23)11(2)19-17(21)16-12-6-3-4-8-14(12)20-15-9-5-7-13(15)16/h3-4,6,8,10-11H,5,7,9H2,1-2H3,(H,19,21)(H,22,23). The van der Waals surface area contributed by atoms with Crippen LogP contribution < -0.4 is 5.32 Å². The highest BCUT2D eigenvalue weighted by molar-refractivity contribution is 6.08. The highest BCUT2D eigenvalue weighted by atomic mass is 16.4. The Morgan fingerprint density at radius 2 is 1.96 bits per heavy atom. The SMILES string of the molecule is CC(NC(=O)c1c2c(nc3ccccc13)CCC2)C(C)C(=O)O. The van der Waals surface area contributed by atoms with Crippen LogP contribution >= 0.6 is 0 Å². The maximum Gasteiger partial charge on any atom is 0.308 e. The first kappa shape index (κ1) is 15.5. The van der Waals surface area contributed by atoms with Crippen molar-refractivity contribution in [3.63, 3.8) is 0 Å². The molecular weight excluding hydrogens is 292 g/mol.